The number of rotatable bonds is 0. The Balaban J connectivity index is -0.0000000421. The fourth-order valence-corrected chi connectivity index (χ4v) is 2.81. The molecule has 0 aromatic heterocycles. The van der Waals surface area contributed by atoms with Crippen LogP contribution < -0.4 is 5.73 Å². The molecule has 0 saturated heterocycles. The third kappa shape index (κ3) is 56.8. The van der Waals surface area contributed by atoms with E-state index in [1.807, 2.05) is 69.2 Å². The van der Waals surface area contributed by atoms with Crippen molar-refractivity contribution in [1.82, 2.24) is 0 Å². The number of hydrogen-bond donors (Lipinski definition) is 2. The van der Waals surface area contributed by atoms with Gasteiger partial charge in [-0.15, -0.1) is 0 Å². The minimum atomic E-state index is 0. The van der Waals surface area contributed by atoms with E-state index in [0.29, 0.717) is 6.04 Å². The summed E-state index contributed by atoms with van der Waals surface area (Å²) < 4.78 is 0. The van der Waals surface area contributed by atoms with Gasteiger partial charge in [-0.05, 0) is 18.8 Å². The average Bonchev–Trinajstić information content (AvgIpc) is 3.63. The van der Waals surface area contributed by atoms with Gasteiger partial charge in [0.05, 0.1) is 0 Å². The molecule has 0 spiro atoms. The van der Waals surface area contributed by atoms with Crippen molar-refractivity contribution < 1.29 is 37.8 Å². The van der Waals surface area contributed by atoms with Crippen molar-refractivity contribution in [3.05, 3.63) is 6.42 Å². The Morgan fingerprint density at radius 2 is 0.833 bits per heavy atom. The van der Waals surface area contributed by atoms with E-state index in [2.05, 4.69) is 13.3 Å². The van der Waals surface area contributed by atoms with Crippen LogP contribution in [0, 0.1) is 12.3 Å². The van der Waals surface area contributed by atoms with Crippen LogP contribution in [-0.2, 0) is 32.7 Å². The maximum atomic E-state index is 7.00. The summed E-state index contributed by atoms with van der Waals surface area (Å²) >= 11 is 0. The van der Waals surface area contributed by atoms with Crippen molar-refractivity contribution in [3.8, 4) is 0 Å². The first-order valence-corrected chi connectivity index (χ1v) is 13.3. The molecule has 0 amide bonds. The molecule has 1 radical (unpaired) electrons. The number of aliphatic hydroxyl groups excluding tert-OH is 1. The Bertz CT molecular complexity index is 143. The smallest absolute Gasteiger partial charge is 0.0319 e. The molecule has 3 rings (SSSR count). The van der Waals surface area contributed by atoms with Crippen LogP contribution in [0.25, 0.3) is 0 Å². The Hall–Kier alpha value is 1.02. The zero-order valence-corrected chi connectivity index (χ0v) is 26.7. The monoisotopic (exact) mass is 509 g/mol. The summed E-state index contributed by atoms with van der Waals surface area (Å²) in [6.07, 6.45) is 19.2. The van der Waals surface area contributed by atoms with Gasteiger partial charge in [0.1, 0.15) is 0 Å². The second-order valence-electron chi connectivity index (χ2n) is 6.01. The predicted octanol–water partition coefficient (Wildman–Crippen LogP) is 9.59. The standard InChI is InChI=1S/C6H12.C5H11N.C5H9.5C2H6.CH4O.Y/c1-6-4-2-3-5-6;6-5-3-1-2-4-5;1-2-4-5-3-1;6*1-2;/h6H,2-5H2,1H3;5H,1-4,6H2;1H,2-5H2;5*1-2H3;2H,1H3;/q;;-1;;;;;;;. The van der Waals surface area contributed by atoms with Gasteiger partial charge in [-0.1, -0.05) is 128 Å². The van der Waals surface area contributed by atoms with Crippen LogP contribution in [0.15, 0.2) is 0 Å². The van der Waals surface area contributed by atoms with Gasteiger partial charge in [-0.3, -0.25) is 0 Å². The maximum Gasteiger partial charge on any atom is 0.0319 e. The molecule has 189 valence electrons. The van der Waals surface area contributed by atoms with Crippen LogP contribution in [0.5, 0.6) is 0 Å². The van der Waals surface area contributed by atoms with Crippen LogP contribution in [0.1, 0.15) is 153 Å². The first-order chi connectivity index (χ1) is 14.3. The van der Waals surface area contributed by atoms with Crippen molar-refractivity contribution in [3.63, 3.8) is 0 Å². The van der Waals surface area contributed by atoms with Crippen molar-refractivity contribution in [1.29, 1.82) is 0 Å². The van der Waals surface area contributed by atoms with Gasteiger partial charge < -0.3 is 17.3 Å². The van der Waals surface area contributed by atoms with Crippen molar-refractivity contribution >= 4 is 0 Å². The van der Waals surface area contributed by atoms with Gasteiger partial charge in [0.15, 0.2) is 0 Å². The molecule has 30 heavy (non-hydrogen) atoms. The van der Waals surface area contributed by atoms with Crippen LogP contribution in [0.3, 0.4) is 0 Å². The Kier molecular flexibility index (Phi) is 102. The molecule has 3 N–H and O–H groups in total. The van der Waals surface area contributed by atoms with E-state index >= 15 is 0 Å². The first-order valence-electron chi connectivity index (χ1n) is 13.3. The second kappa shape index (κ2) is 63.1. The van der Waals surface area contributed by atoms with Gasteiger partial charge in [0, 0.05) is 45.9 Å². The van der Waals surface area contributed by atoms with Crippen molar-refractivity contribution in [2.75, 3.05) is 7.11 Å². The summed E-state index contributed by atoms with van der Waals surface area (Å²) in [5, 5.41) is 7.00. The molecule has 3 saturated carbocycles. The minimum absolute atomic E-state index is 0. The quantitative estimate of drug-likeness (QED) is 0.319. The van der Waals surface area contributed by atoms with E-state index in [9.17, 15) is 0 Å². The summed E-state index contributed by atoms with van der Waals surface area (Å²) in [4.78, 5) is 0. The van der Waals surface area contributed by atoms with Crippen molar-refractivity contribution in [2.45, 2.75) is 159 Å². The molecule has 0 aliphatic heterocycles. The van der Waals surface area contributed by atoms with E-state index in [1.165, 1.54) is 77.0 Å². The van der Waals surface area contributed by atoms with E-state index < -0.39 is 0 Å². The van der Waals surface area contributed by atoms with E-state index in [4.69, 9.17) is 10.8 Å². The van der Waals surface area contributed by atoms with Crippen molar-refractivity contribution in [2.24, 2.45) is 11.7 Å². The van der Waals surface area contributed by atoms with Crippen LogP contribution in [-0.4, -0.2) is 18.3 Å². The van der Waals surface area contributed by atoms with E-state index in [1.54, 1.807) is 0 Å². The number of hydrogen-bond acceptors (Lipinski definition) is 2. The predicted molar refractivity (Wildman–Crippen MR) is 142 cm³/mol. The molecule has 0 heterocycles. The maximum absolute atomic E-state index is 7.00. The zero-order valence-electron chi connectivity index (χ0n) is 23.8. The molecule has 0 atom stereocenters. The normalized spacial score (nSPS) is 15.4. The van der Waals surface area contributed by atoms with E-state index in [0.717, 1.165) is 13.0 Å². The number of aliphatic hydroxyl groups is 1. The van der Waals surface area contributed by atoms with Crippen LogP contribution in [0.4, 0.5) is 0 Å². The average molecular weight is 510 g/mol. The van der Waals surface area contributed by atoms with Gasteiger partial charge in [-0.25, -0.2) is 0 Å². The largest absolute Gasteiger partial charge is 0.400 e. The van der Waals surface area contributed by atoms with Gasteiger partial charge >= 0.3 is 0 Å². The third-order valence-corrected chi connectivity index (χ3v) is 4.11. The molecule has 2 nitrogen and oxygen atoms in total. The van der Waals surface area contributed by atoms with Gasteiger partial charge in [-0.2, -0.15) is 12.8 Å². The Labute approximate surface area is 221 Å². The molecular formula is C27H66NOY-. The minimum Gasteiger partial charge on any atom is -0.400 e. The zero-order chi connectivity index (χ0) is 24.3. The molecular weight excluding hydrogens is 443 g/mol. The fraction of sp³-hybridized carbons (Fsp3) is 0.963. The first kappa shape index (κ1) is 48.5. The summed E-state index contributed by atoms with van der Waals surface area (Å²) in [5.74, 6) is 1.05. The van der Waals surface area contributed by atoms with E-state index in [-0.39, 0.29) is 32.7 Å². The van der Waals surface area contributed by atoms with Crippen LogP contribution in [0.2, 0.25) is 0 Å². The summed E-state index contributed by atoms with van der Waals surface area (Å²) in [7, 11) is 1.00. The number of nitrogens with two attached hydrogens (primary N) is 1. The van der Waals surface area contributed by atoms with Gasteiger partial charge in [0.2, 0.25) is 0 Å². The Morgan fingerprint density at radius 1 is 0.567 bits per heavy atom. The fourth-order valence-electron chi connectivity index (χ4n) is 2.81. The molecule has 0 aromatic carbocycles. The molecule has 0 bridgehead atoms. The van der Waals surface area contributed by atoms with Crippen LogP contribution >= 0.6 is 0 Å². The molecule has 3 fully saturated rings. The summed E-state index contributed by atoms with van der Waals surface area (Å²) in [6, 6.07) is 0.546. The summed E-state index contributed by atoms with van der Waals surface area (Å²) in [5.41, 5.74) is 5.53. The topological polar surface area (TPSA) is 46.2 Å². The molecule has 0 unspecified atom stereocenters. The summed E-state index contributed by atoms with van der Waals surface area (Å²) in [6.45, 7) is 22.3. The third-order valence-electron chi connectivity index (χ3n) is 4.11. The SMILES string of the molecule is CC.CC.CC.CC.CC.CC1CCCC1.CO.NC1CCCC1.[CH-]1CCCC1.[Y]. The molecule has 3 aliphatic carbocycles. The molecule has 3 aliphatic rings. The second-order valence-corrected chi connectivity index (χ2v) is 6.01. The Morgan fingerprint density at radius 3 is 0.933 bits per heavy atom. The molecule has 3 heteroatoms. The van der Waals surface area contributed by atoms with Gasteiger partial charge in [0.25, 0.3) is 0 Å². The molecule has 0 aromatic rings.